The highest BCUT2D eigenvalue weighted by Crippen LogP contribution is 2.27. The predicted molar refractivity (Wildman–Crippen MR) is 106 cm³/mol. The Labute approximate surface area is 164 Å². The number of hydrogen-bond acceptors (Lipinski definition) is 5. The van der Waals surface area contributed by atoms with Gasteiger partial charge in [0.05, 0.1) is 16.0 Å². The summed E-state index contributed by atoms with van der Waals surface area (Å²) in [7, 11) is 0. The van der Waals surface area contributed by atoms with Crippen LogP contribution in [0.25, 0.3) is 11.4 Å². The zero-order valence-electron chi connectivity index (χ0n) is 14.6. The van der Waals surface area contributed by atoms with Crippen LogP contribution in [0.15, 0.2) is 47.6 Å². The molecule has 0 radical (unpaired) electrons. The van der Waals surface area contributed by atoms with Crippen LogP contribution in [0.2, 0.25) is 5.02 Å². The molecule has 6 nitrogen and oxygen atoms in total. The molecule has 1 atom stereocenters. The summed E-state index contributed by atoms with van der Waals surface area (Å²) < 4.78 is 14.5. The summed E-state index contributed by atoms with van der Waals surface area (Å²) in [6, 6.07) is 11.5. The second kappa shape index (κ2) is 7.98. The number of nitrogen functional groups attached to an aromatic ring is 1. The molecule has 0 saturated heterocycles. The SMILES string of the molecule is Cc1ccc(-c2nnc(S[C@H](C)C(=O)Nc3ccc(F)cc3Cl)n2N)cc1. The number of aromatic nitrogens is 3. The van der Waals surface area contributed by atoms with E-state index < -0.39 is 11.1 Å². The summed E-state index contributed by atoms with van der Waals surface area (Å²) in [5.74, 6) is 5.81. The number of carbonyl (C=O) groups is 1. The normalized spacial score (nSPS) is 12.0. The van der Waals surface area contributed by atoms with E-state index in [-0.39, 0.29) is 10.9 Å². The Morgan fingerprint density at radius 3 is 2.63 bits per heavy atom. The van der Waals surface area contributed by atoms with Crippen molar-refractivity contribution in [1.82, 2.24) is 14.9 Å². The topological polar surface area (TPSA) is 85.8 Å². The molecule has 0 aliphatic carbocycles. The number of nitrogens with zero attached hydrogens (tertiary/aromatic N) is 3. The quantitative estimate of drug-likeness (QED) is 0.497. The number of rotatable bonds is 5. The first-order valence-corrected chi connectivity index (χ1v) is 9.31. The molecular weight excluding hydrogens is 389 g/mol. The van der Waals surface area contributed by atoms with Crippen LogP contribution in [0.5, 0.6) is 0 Å². The highest BCUT2D eigenvalue weighted by atomic mass is 35.5. The minimum atomic E-state index is -0.525. The zero-order chi connectivity index (χ0) is 19.6. The third-order valence-electron chi connectivity index (χ3n) is 3.81. The molecule has 0 fully saturated rings. The average molecular weight is 406 g/mol. The van der Waals surface area contributed by atoms with E-state index in [1.165, 1.54) is 16.8 Å². The van der Waals surface area contributed by atoms with Crippen molar-refractivity contribution < 1.29 is 9.18 Å². The van der Waals surface area contributed by atoms with Crippen LogP contribution in [0.4, 0.5) is 10.1 Å². The second-order valence-corrected chi connectivity index (χ2v) is 7.63. The van der Waals surface area contributed by atoms with Crippen LogP contribution >= 0.6 is 23.4 Å². The monoisotopic (exact) mass is 405 g/mol. The van der Waals surface area contributed by atoms with Crippen molar-refractivity contribution in [2.45, 2.75) is 24.3 Å². The first kappa shape index (κ1) is 19.2. The number of thioether (sulfide) groups is 1. The molecule has 0 spiro atoms. The molecule has 2 aromatic carbocycles. The fourth-order valence-electron chi connectivity index (χ4n) is 2.29. The Morgan fingerprint density at radius 1 is 1.26 bits per heavy atom. The standard InChI is InChI=1S/C18H17ClFN5OS/c1-10-3-5-12(6-4-10)16-23-24-18(25(16)21)27-11(2)17(26)22-15-8-7-13(20)9-14(15)19/h3-9,11H,21H2,1-2H3,(H,22,26)/t11-/m1/s1. The van der Waals surface area contributed by atoms with Crippen LogP contribution in [0.3, 0.4) is 0 Å². The summed E-state index contributed by atoms with van der Waals surface area (Å²) in [5, 5.41) is 10.8. The number of carbonyl (C=O) groups excluding carboxylic acids is 1. The molecule has 140 valence electrons. The summed E-state index contributed by atoms with van der Waals surface area (Å²) in [4.78, 5) is 12.4. The van der Waals surface area contributed by atoms with Gasteiger partial charge in [0.2, 0.25) is 11.1 Å². The van der Waals surface area contributed by atoms with E-state index in [9.17, 15) is 9.18 Å². The van der Waals surface area contributed by atoms with Gasteiger partial charge in [-0.1, -0.05) is 53.2 Å². The summed E-state index contributed by atoms with van der Waals surface area (Å²) in [6.45, 7) is 3.70. The van der Waals surface area contributed by atoms with Gasteiger partial charge in [0.1, 0.15) is 5.82 Å². The lowest BCUT2D eigenvalue weighted by atomic mass is 10.1. The molecule has 0 unspecified atom stereocenters. The van der Waals surface area contributed by atoms with Crippen molar-refractivity contribution in [1.29, 1.82) is 0 Å². The molecule has 1 amide bonds. The lowest BCUT2D eigenvalue weighted by Crippen LogP contribution is -2.23. The van der Waals surface area contributed by atoms with Crippen molar-refractivity contribution in [3.63, 3.8) is 0 Å². The van der Waals surface area contributed by atoms with E-state index in [0.717, 1.165) is 29.0 Å². The number of aryl methyl sites for hydroxylation is 1. The second-order valence-electron chi connectivity index (χ2n) is 5.92. The number of nitrogens with two attached hydrogens (primary N) is 1. The maximum absolute atomic E-state index is 13.1. The van der Waals surface area contributed by atoms with E-state index in [2.05, 4.69) is 15.5 Å². The Kier molecular flexibility index (Phi) is 5.67. The van der Waals surface area contributed by atoms with E-state index >= 15 is 0 Å². The number of nitrogens with one attached hydrogen (secondary N) is 1. The molecule has 0 aliphatic heterocycles. The smallest absolute Gasteiger partial charge is 0.237 e. The molecular formula is C18H17ClFN5OS. The number of amides is 1. The van der Waals surface area contributed by atoms with Gasteiger partial charge < -0.3 is 11.2 Å². The van der Waals surface area contributed by atoms with Crippen molar-refractivity contribution in [3.05, 3.63) is 58.9 Å². The molecule has 0 saturated carbocycles. The number of halogens is 2. The molecule has 0 bridgehead atoms. The molecule has 27 heavy (non-hydrogen) atoms. The Hall–Kier alpha value is -2.58. The molecule has 1 heterocycles. The average Bonchev–Trinajstić information content (AvgIpc) is 2.98. The maximum atomic E-state index is 13.1. The highest BCUT2D eigenvalue weighted by Gasteiger charge is 2.20. The maximum Gasteiger partial charge on any atom is 0.237 e. The van der Waals surface area contributed by atoms with Crippen molar-refractivity contribution in [2.24, 2.45) is 0 Å². The Bertz CT molecular complexity index is 976. The minimum absolute atomic E-state index is 0.129. The molecule has 3 N–H and O–H groups in total. The van der Waals surface area contributed by atoms with Gasteiger partial charge in [0.25, 0.3) is 0 Å². The van der Waals surface area contributed by atoms with Gasteiger partial charge in [-0.05, 0) is 32.0 Å². The molecule has 0 aliphatic rings. The van der Waals surface area contributed by atoms with Gasteiger partial charge in [-0.15, -0.1) is 10.2 Å². The van der Waals surface area contributed by atoms with Gasteiger partial charge >= 0.3 is 0 Å². The van der Waals surface area contributed by atoms with Gasteiger partial charge in [0, 0.05) is 5.56 Å². The number of benzene rings is 2. The predicted octanol–water partition coefficient (Wildman–Crippen LogP) is 3.88. The van der Waals surface area contributed by atoms with Crippen LogP contribution in [0.1, 0.15) is 12.5 Å². The van der Waals surface area contributed by atoms with E-state index in [1.807, 2.05) is 31.2 Å². The van der Waals surface area contributed by atoms with Gasteiger partial charge in [0.15, 0.2) is 5.82 Å². The first-order chi connectivity index (χ1) is 12.8. The highest BCUT2D eigenvalue weighted by molar-refractivity contribution is 8.00. The lowest BCUT2D eigenvalue weighted by molar-refractivity contribution is -0.115. The minimum Gasteiger partial charge on any atom is -0.335 e. The summed E-state index contributed by atoms with van der Waals surface area (Å²) in [5.41, 5.74) is 2.30. The number of anilines is 1. The van der Waals surface area contributed by atoms with Crippen molar-refractivity contribution in [3.8, 4) is 11.4 Å². The van der Waals surface area contributed by atoms with E-state index in [1.54, 1.807) is 6.92 Å². The Balaban J connectivity index is 1.71. The molecule has 1 aromatic heterocycles. The van der Waals surface area contributed by atoms with Crippen LogP contribution in [-0.4, -0.2) is 26.0 Å². The van der Waals surface area contributed by atoms with Crippen LogP contribution in [0, 0.1) is 12.7 Å². The lowest BCUT2D eigenvalue weighted by Gasteiger charge is -2.12. The van der Waals surface area contributed by atoms with E-state index in [4.69, 9.17) is 17.4 Å². The molecule has 3 rings (SSSR count). The summed E-state index contributed by atoms with van der Waals surface area (Å²) >= 11 is 7.10. The molecule has 3 aromatic rings. The van der Waals surface area contributed by atoms with E-state index in [0.29, 0.717) is 16.7 Å². The van der Waals surface area contributed by atoms with Crippen LogP contribution in [-0.2, 0) is 4.79 Å². The van der Waals surface area contributed by atoms with Crippen molar-refractivity contribution in [2.75, 3.05) is 11.2 Å². The third-order valence-corrected chi connectivity index (χ3v) is 5.18. The van der Waals surface area contributed by atoms with Crippen LogP contribution < -0.4 is 11.2 Å². The third kappa shape index (κ3) is 4.40. The fourth-order valence-corrected chi connectivity index (χ4v) is 3.28. The molecule has 9 heteroatoms. The largest absolute Gasteiger partial charge is 0.335 e. The van der Waals surface area contributed by atoms with Gasteiger partial charge in [-0.2, -0.15) is 0 Å². The zero-order valence-corrected chi connectivity index (χ0v) is 16.2. The Morgan fingerprint density at radius 2 is 1.96 bits per heavy atom. The van der Waals surface area contributed by atoms with Crippen molar-refractivity contribution >= 4 is 35.0 Å². The van der Waals surface area contributed by atoms with Gasteiger partial charge in [-0.25, -0.2) is 9.07 Å². The van der Waals surface area contributed by atoms with Gasteiger partial charge in [-0.3, -0.25) is 4.79 Å². The first-order valence-electron chi connectivity index (χ1n) is 8.05. The summed E-state index contributed by atoms with van der Waals surface area (Å²) in [6.07, 6.45) is 0. The fraction of sp³-hybridized carbons (Fsp3) is 0.167. The number of hydrogen-bond donors (Lipinski definition) is 2.